The first-order chi connectivity index (χ1) is 34.9. The number of aromatic nitrogens is 5. The van der Waals surface area contributed by atoms with Crippen LogP contribution in [0, 0.1) is 11.3 Å². The lowest BCUT2D eigenvalue weighted by Crippen LogP contribution is -2.59. The van der Waals surface area contributed by atoms with Gasteiger partial charge < -0.3 is 34.4 Å². The number of imide groups is 1. The number of imidazole rings is 1. The molecule has 5 amide bonds. The van der Waals surface area contributed by atoms with Crippen molar-refractivity contribution in [2.75, 3.05) is 67.5 Å². The molecule has 12 rings (SSSR count). The molecule has 2 saturated carbocycles. The maximum Gasteiger partial charge on any atom is 0.238 e. The summed E-state index contributed by atoms with van der Waals surface area (Å²) >= 11 is 0. The highest BCUT2D eigenvalue weighted by molar-refractivity contribution is 6.09. The van der Waals surface area contributed by atoms with E-state index in [4.69, 9.17) is 9.97 Å². The van der Waals surface area contributed by atoms with Crippen molar-refractivity contribution in [3.63, 3.8) is 0 Å². The number of hydrogen-bond acceptors (Lipinski definition) is 12. The van der Waals surface area contributed by atoms with Crippen molar-refractivity contribution in [2.24, 2.45) is 11.3 Å². The predicted octanol–water partition coefficient (Wildman–Crippen LogP) is 6.33. The Kier molecular flexibility index (Phi) is 12.1. The standard InChI is InChI=1S/C55H70N12O5/c1-34(2)66-33-56-44-32-43(58-49(48(44)66)57-37-8-9-37)36-7-11-41-45(29-36)67(39-30-38(31-39)62-21-5-4-6-22-62)53(72)55(41)19-27-65(28-20-55)52(71)54(3)17-25-64(26-18-54)51(70)35-15-23-63(24-16-35)46-13-12-42(60-61-46)40-10-14-47(68)59-50(40)69/h7,11-13,29,32-35,37-40H,4-6,8-10,14-28,30-31H2,1-3H3,(H,57,58)(H,59,68,69)/t38-,39+,40?. The van der Waals surface area contributed by atoms with Gasteiger partial charge in [0.2, 0.25) is 29.5 Å². The fourth-order valence-electron chi connectivity index (χ4n) is 13.3. The van der Waals surface area contributed by atoms with Crippen LogP contribution in [0.1, 0.15) is 140 Å². The third-order valence-electron chi connectivity index (χ3n) is 18.1. The molecule has 2 aliphatic carbocycles. The van der Waals surface area contributed by atoms with Gasteiger partial charge in [0.25, 0.3) is 0 Å². The highest BCUT2D eigenvalue weighted by Crippen LogP contribution is 2.53. The van der Waals surface area contributed by atoms with Crippen LogP contribution >= 0.6 is 0 Å². The van der Waals surface area contributed by atoms with Gasteiger partial charge in [0.05, 0.1) is 34.6 Å². The first-order valence-electron chi connectivity index (χ1n) is 27.2. The number of piperidine rings is 5. The van der Waals surface area contributed by atoms with E-state index in [1.54, 1.807) is 0 Å². The zero-order valence-corrected chi connectivity index (χ0v) is 42.3. The maximum absolute atomic E-state index is 15.3. The molecule has 8 aliphatic rings. The van der Waals surface area contributed by atoms with Crippen molar-refractivity contribution in [1.29, 1.82) is 0 Å². The van der Waals surface area contributed by atoms with Crippen molar-refractivity contribution in [1.82, 2.24) is 44.7 Å². The van der Waals surface area contributed by atoms with E-state index < -0.39 is 16.7 Å². The second kappa shape index (κ2) is 18.5. The third-order valence-corrected chi connectivity index (χ3v) is 18.1. The quantitative estimate of drug-likeness (QED) is 0.169. The number of pyridine rings is 1. The second-order valence-electron chi connectivity index (χ2n) is 23.0. The first-order valence-corrected chi connectivity index (χ1v) is 27.2. The number of nitrogens with zero attached hydrogens (tertiary/aromatic N) is 10. The van der Waals surface area contributed by atoms with E-state index in [2.05, 4.69) is 85.1 Å². The van der Waals surface area contributed by atoms with Gasteiger partial charge in [-0.3, -0.25) is 29.3 Å². The molecule has 9 heterocycles. The molecule has 1 spiro atoms. The van der Waals surface area contributed by atoms with Crippen LogP contribution in [0.25, 0.3) is 22.3 Å². The summed E-state index contributed by atoms with van der Waals surface area (Å²) in [4.78, 5) is 88.8. The SMILES string of the molecule is CC(C)n1cnc2cc(-c3ccc4c(c3)N([C@H]3C[C@@H](N5CCCCC5)C3)C(=O)C43CCN(C(=O)C4(C)CCN(C(=O)C5CCN(c6ccc(C7CCC(=O)NC7=O)nn6)CC5)CC4)CC3)nc(NC3CC3)c21. The van der Waals surface area contributed by atoms with Crippen molar-refractivity contribution >= 4 is 57.9 Å². The fourth-order valence-corrected chi connectivity index (χ4v) is 13.3. The Morgan fingerprint density at radius 3 is 2.21 bits per heavy atom. The molecule has 1 unspecified atom stereocenters. The van der Waals surface area contributed by atoms with E-state index in [0.717, 1.165) is 78.1 Å². The number of carbonyl (C=O) groups is 5. The van der Waals surface area contributed by atoms with Crippen molar-refractivity contribution in [2.45, 2.75) is 153 Å². The summed E-state index contributed by atoms with van der Waals surface area (Å²) in [5.41, 5.74) is 5.17. The van der Waals surface area contributed by atoms with Crippen LogP contribution in [0.4, 0.5) is 17.3 Å². The molecular formula is C55H70N12O5. The molecule has 1 aromatic carbocycles. The van der Waals surface area contributed by atoms with E-state index in [1.807, 2.05) is 28.3 Å². The van der Waals surface area contributed by atoms with Gasteiger partial charge in [0.1, 0.15) is 5.52 Å². The summed E-state index contributed by atoms with van der Waals surface area (Å²) in [7, 11) is 0. The minimum Gasteiger partial charge on any atom is -0.366 e. The smallest absolute Gasteiger partial charge is 0.238 e. The molecule has 0 bridgehead atoms. The van der Waals surface area contributed by atoms with E-state index in [-0.39, 0.29) is 54.0 Å². The van der Waals surface area contributed by atoms with Gasteiger partial charge in [-0.15, -0.1) is 5.10 Å². The van der Waals surface area contributed by atoms with Crippen LogP contribution in [-0.4, -0.2) is 139 Å². The molecule has 17 heteroatoms. The number of amides is 5. The zero-order chi connectivity index (χ0) is 49.5. The number of anilines is 3. The van der Waals surface area contributed by atoms with Gasteiger partial charge in [-0.2, -0.15) is 5.10 Å². The number of nitrogens with one attached hydrogen (secondary N) is 2. The summed E-state index contributed by atoms with van der Waals surface area (Å²) < 4.78 is 2.20. The van der Waals surface area contributed by atoms with E-state index >= 15 is 4.79 Å². The first kappa shape index (κ1) is 47.1. The molecule has 2 N–H and O–H groups in total. The van der Waals surface area contributed by atoms with E-state index in [9.17, 15) is 19.2 Å². The van der Waals surface area contributed by atoms with E-state index in [1.165, 1.54) is 19.3 Å². The summed E-state index contributed by atoms with van der Waals surface area (Å²) in [6, 6.07) is 13.7. The lowest BCUT2D eigenvalue weighted by atomic mass is 9.72. The average Bonchev–Trinajstić information content (AvgIpc) is 4.05. The molecule has 0 radical (unpaired) electrons. The molecule has 1 atom stereocenters. The molecule has 72 heavy (non-hydrogen) atoms. The molecular weight excluding hydrogens is 909 g/mol. The Balaban J connectivity index is 0.705. The Bertz CT molecular complexity index is 2770. The summed E-state index contributed by atoms with van der Waals surface area (Å²) in [5, 5.41) is 14.9. The number of rotatable bonds is 10. The Hall–Kier alpha value is -5.97. The maximum atomic E-state index is 15.3. The number of likely N-dealkylation sites (tertiary alicyclic amines) is 3. The minimum atomic E-state index is -0.689. The number of benzene rings is 1. The third kappa shape index (κ3) is 8.40. The average molecular weight is 979 g/mol. The van der Waals surface area contributed by atoms with Crippen molar-refractivity contribution in [3.05, 3.63) is 54.0 Å². The molecule has 4 aromatic rings. The fraction of sp³-hybridized carbons (Fsp3) is 0.618. The minimum absolute atomic E-state index is 0.0929. The predicted molar refractivity (Wildman–Crippen MR) is 273 cm³/mol. The number of fused-ring (bicyclic) bond motifs is 3. The topological polar surface area (TPSA) is 182 Å². The van der Waals surface area contributed by atoms with Crippen LogP contribution in [0.2, 0.25) is 0 Å². The van der Waals surface area contributed by atoms with Gasteiger partial charge in [-0.05, 0) is 140 Å². The Morgan fingerprint density at radius 2 is 1.53 bits per heavy atom. The van der Waals surface area contributed by atoms with Gasteiger partial charge in [-0.1, -0.05) is 25.5 Å². The summed E-state index contributed by atoms with van der Waals surface area (Å²) in [6.07, 6.45) is 14.5. The second-order valence-corrected chi connectivity index (χ2v) is 23.0. The molecule has 7 fully saturated rings. The van der Waals surface area contributed by atoms with E-state index in [0.29, 0.717) is 108 Å². The van der Waals surface area contributed by atoms with Crippen LogP contribution < -0.4 is 20.4 Å². The highest BCUT2D eigenvalue weighted by atomic mass is 16.2. The Morgan fingerprint density at radius 1 is 0.792 bits per heavy atom. The zero-order valence-electron chi connectivity index (χ0n) is 42.3. The van der Waals surface area contributed by atoms with Crippen LogP contribution in [0.5, 0.6) is 0 Å². The molecule has 3 aromatic heterocycles. The number of carbonyl (C=O) groups excluding carboxylic acids is 5. The summed E-state index contributed by atoms with van der Waals surface area (Å²) in [6.45, 7) is 12.2. The molecule has 5 saturated heterocycles. The normalized spacial score (nSPS) is 25.8. The lowest BCUT2D eigenvalue weighted by molar-refractivity contribution is -0.150. The van der Waals surface area contributed by atoms with Gasteiger partial charge in [-0.25, -0.2) is 9.97 Å². The van der Waals surface area contributed by atoms with Crippen LogP contribution in [0.15, 0.2) is 42.7 Å². The molecule has 6 aliphatic heterocycles. The monoisotopic (exact) mass is 979 g/mol. The molecule has 17 nitrogen and oxygen atoms in total. The van der Waals surface area contributed by atoms with Gasteiger partial charge >= 0.3 is 0 Å². The van der Waals surface area contributed by atoms with Crippen LogP contribution in [-0.2, 0) is 29.4 Å². The number of hydrogen-bond donors (Lipinski definition) is 2. The van der Waals surface area contributed by atoms with Gasteiger partial charge in [0.15, 0.2) is 11.6 Å². The molecule has 380 valence electrons. The highest BCUT2D eigenvalue weighted by Gasteiger charge is 2.56. The largest absolute Gasteiger partial charge is 0.366 e. The lowest BCUT2D eigenvalue weighted by Gasteiger charge is -2.48. The van der Waals surface area contributed by atoms with Crippen molar-refractivity contribution < 1.29 is 24.0 Å². The summed E-state index contributed by atoms with van der Waals surface area (Å²) in [5.74, 6) is 0.926. The van der Waals surface area contributed by atoms with Crippen LogP contribution in [0.3, 0.4) is 0 Å². The van der Waals surface area contributed by atoms with Gasteiger partial charge in [0, 0.05) is 92.4 Å². The Labute approximate surface area is 421 Å². The van der Waals surface area contributed by atoms with Crippen molar-refractivity contribution in [3.8, 4) is 11.3 Å².